The fourth-order valence-electron chi connectivity index (χ4n) is 2.09. The number of rotatable bonds is 3. The average molecular weight is 363 g/mol. The first-order valence-corrected chi connectivity index (χ1v) is 7.78. The van der Waals surface area contributed by atoms with Gasteiger partial charge in [0, 0.05) is 15.6 Å². The lowest BCUT2D eigenvalue weighted by molar-refractivity contribution is 0.214. The Labute approximate surface area is 133 Å². The van der Waals surface area contributed by atoms with Crippen molar-refractivity contribution < 1.29 is 4.84 Å². The van der Waals surface area contributed by atoms with Gasteiger partial charge in [-0.3, -0.25) is 4.79 Å². The summed E-state index contributed by atoms with van der Waals surface area (Å²) < 4.78 is 1.87. The van der Waals surface area contributed by atoms with Crippen LogP contribution in [0.1, 0.15) is 11.1 Å². The Kier molecular flexibility index (Phi) is 3.90. The molecule has 1 N–H and O–H groups in total. The summed E-state index contributed by atoms with van der Waals surface area (Å²) in [6.45, 7) is 0. The van der Waals surface area contributed by atoms with Crippen molar-refractivity contribution in [3.8, 4) is 0 Å². The molecule has 3 aromatic rings. The van der Waals surface area contributed by atoms with Gasteiger partial charge in [-0.2, -0.15) is 0 Å². The molecule has 0 bridgehead atoms. The predicted octanol–water partition coefficient (Wildman–Crippen LogP) is 3.75. The summed E-state index contributed by atoms with van der Waals surface area (Å²) in [5.41, 5.74) is 3.40. The van der Waals surface area contributed by atoms with E-state index in [2.05, 4.69) is 26.1 Å². The molecule has 4 nitrogen and oxygen atoms in total. The van der Waals surface area contributed by atoms with E-state index in [0.29, 0.717) is 0 Å². The summed E-state index contributed by atoms with van der Waals surface area (Å²) in [7, 11) is 1.52. The van der Waals surface area contributed by atoms with E-state index in [1.807, 2.05) is 42.5 Å². The molecule has 1 heterocycles. The van der Waals surface area contributed by atoms with E-state index < -0.39 is 0 Å². The number of aromatic amines is 1. The first-order chi connectivity index (χ1) is 10.2. The van der Waals surface area contributed by atoms with Crippen molar-refractivity contribution in [2.24, 2.45) is 5.16 Å². The summed E-state index contributed by atoms with van der Waals surface area (Å²) in [4.78, 5) is 19.1. The van der Waals surface area contributed by atoms with E-state index >= 15 is 0 Å². The van der Waals surface area contributed by atoms with Crippen LogP contribution in [0, 0.1) is 0 Å². The van der Waals surface area contributed by atoms with Crippen molar-refractivity contribution in [1.82, 2.24) is 4.98 Å². The normalized spacial score (nSPS) is 11.8. The number of halogens is 1. The number of thiazole rings is 1. The zero-order valence-corrected chi connectivity index (χ0v) is 13.5. The highest BCUT2D eigenvalue weighted by Crippen LogP contribution is 2.21. The number of oxime groups is 1. The molecule has 0 radical (unpaired) electrons. The van der Waals surface area contributed by atoms with Gasteiger partial charge in [-0.05, 0) is 24.3 Å². The van der Waals surface area contributed by atoms with Crippen LogP contribution in [0.5, 0.6) is 0 Å². The standard InChI is InChI=1S/C15H11BrN2O2S/c1-20-18-14(9-3-2-4-11(16)7-9)10-5-6-12-13(8-10)21-15(19)17-12/h2-8H,1H3,(H,17,19). The van der Waals surface area contributed by atoms with E-state index in [1.165, 1.54) is 18.4 Å². The Morgan fingerprint density at radius 3 is 2.81 bits per heavy atom. The predicted molar refractivity (Wildman–Crippen MR) is 89.2 cm³/mol. The molecule has 21 heavy (non-hydrogen) atoms. The fraction of sp³-hybridized carbons (Fsp3) is 0.0667. The maximum absolute atomic E-state index is 11.4. The number of H-pyrrole nitrogens is 1. The quantitative estimate of drug-likeness (QED) is 0.569. The van der Waals surface area contributed by atoms with Crippen LogP contribution >= 0.6 is 27.3 Å². The Balaban J connectivity index is 2.15. The minimum Gasteiger partial charge on any atom is -0.399 e. The minimum absolute atomic E-state index is 0.0603. The molecule has 0 saturated heterocycles. The van der Waals surface area contributed by atoms with Crippen LogP contribution in [0.4, 0.5) is 0 Å². The molecule has 0 unspecified atom stereocenters. The van der Waals surface area contributed by atoms with Gasteiger partial charge in [0.1, 0.15) is 12.8 Å². The SMILES string of the molecule is CON=C(c1cccc(Br)c1)c1ccc2[nH]c(=O)sc2c1. The number of aromatic nitrogens is 1. The van der Waals surface area contributed by atoms with Gasteiger partial charge in [0.25, 0.3) is 0 Å². The van der Waals surface area contributed by atoms with E-state index in [4.69, 9.17) is 4.84 Å². The van der Waals surface area contributed by atoms with E-state index in [-0.39, 0.29) is 4.87 Å². The fourth-order valence-corrected chi connectivity index (χ4v) is 3.27. The van der Waals surface area contributed by atoms with Crippen LogP contribution in [-0.4, -0.2) is 17.8 Å². The summed E-state index contributed by atoms with van der Waals surface area (Å²) in [6.07, 6.45) is 0. The van der Waals surface area contributed by atoms with Crippen LogP contribution in [-0.2, 0) is 4.84 Å². The second-order valence-corrected chi connectivity index (χ2v) is 6.29. The second-order valence-electron chi connectivity index (χ2n) is 4.36. The van der Waals surface area contributed by atoms with Gasteiger partial charge in [-0.1, -0.05) is 50.6 Å². The van der Waals surface area contributed by atoms with Crippen LogP contribution in [0.2, 0.25) is 0 Å². The number of hydrogen-bond donors (Lipinski definition) is 1. The molecule has 0 amide bonds. The monoisotopic (exact) mass is 362 g/mol. The third-order valence-corrected chi connectivity index (χ3v) is 4.31. The summed E-state index contributed by atoms with van der Waals surface area (Å²) in [5, 5.41) is 4.13. The average Bonchev–Trinajstić information content (AvgIpc) is 2.83. The van der Waals surface area contributed by atoms with Crippen LogP contribution in [0.25, 0.3) is 10.2 Å². The Morgan fingerprint density at radius 1 is 1.24 bits per heavy atom. The van der Waals surface area contributed by atoms with Gasteiger partial charge in [0.15, 0.2) is 0 Å². The van der Waals surface area contributed by atoms with Gasteiger partial charge < -0.3 is 9.82 Å². The molecule has 0 aliphatic heterocycles. The molecule has 6 heteroatoms. The first kappa shape index (κ1) is 14.0. The molecular weight excluding hydrogens is 352 g/mol. The molecule has 0 aliphatic rings. The van der Waals surface area contributed by atoms with Crippen LogP contribution in [0.3, 0.4) is 0 Å². The Morgan fingerprint density at radius 2 is 2.05 bits per heavy atom. The van der Waals surface area contributed by atoms with Crippen LogP contribution in [0.15, 0.2) is 56.9 Å². The third-order valence-electron chi connectivity index (χ3n) is 2.98. The molecule has 0 aliphatic carbocycles. The van der Waals surface area contributed by atoms with Crippen molar-refractivity contribution >= 4 is 43.2 Å². The van der Waals surface area contributed by atoms with Gasteiger partial charge >= 0.3 is 4.87 Å². The summed E-state index contributed by atoms with van der Waals surface area (Å²) in [5.74, 6) is 0. The molecule has 0 saturated carbocycles. The number of hydrogen-bond acceptors (Lipinski definition) is 4. The smallest absolute Gasteiger partial charge is 0.305 e. The van der Waals surface area contributed by atoms with Crippen LogP contribution < -0.4 is 4.87 Å². The molecule has 3 rings (SSSR count). The van der Waals surface area contributed by atoms with E-state index in [1.54, 1.807) is 0 Å². The maximum atomic E-state index is 11.4. The third kappa shape index (κ3) is 2.91. The topological polar surface area (TPSA) is 54.4 Å². The molecular formula is C15H11BrN2O2S. The van der Waals surface area contributed by atoms with Crippen molar-refractivity contribution in [3.63, 3.8) is 0 Å². The lowest BCUT2D eigenvalue weighted by atomic mass is 10.0. The van der Waals surface area contributed by atoms with Crippen molar-refractivity contribution in [3.05, 3.63) is 67.7 Å². The number of fused-ring (bicyclic) bond motifs is 1. The van der Waals surface area contributed by atoms with E-state index in [9.17, 15) is 4.79 Å². The van der Waals surface area contributed by atoms with Crippen molar-refractivity contribution in [2.45, 2.75) is 0 Å². The number of benzene rings is 2. The van der Waals surface area contributed by atoms with Gasteiger partial charge in [0.2, 0.25) is 0 Å². The highest BCUT2D eigenvalue weighted by Gasteiger charge is 2.10. The zero-order chi connectivity index (χ0) is 14.8. The van der Waals surface area contributed by atoms with Gasteiger partial charge in [-0.15, -0.1) is 0 Å². The zero-order valence-electron chi connectivity index (χ0n) is 11.1. The maximum Gasteiger partial charge on any atom is 0.305 e. The molecule has 2 aromatic carbocycles. The second kappa shape index (κ2) is 5.83. The lowest BCUT2D eigenvalue weighted by Crippen LogP contribution is -2.03. The van der Waals surface area contributed by atoms with Gasteiger partial charge in [0.05, 0.1) is 10.2 Å². The Hall–Kier alpha value is -1.92. The number of nitrogens with zero attached hydrogens (tertiary/aromatic N) is 1. The highest BCUT2D eigenvalue weighted by molar-refractivity contribution is 9.10. The van der Waals surface area contributed by atoms with Gasteiger partial charge in [-0.25, -0.2) is 0 Å². The van der Waals surface area contributed by atoms with Crippen molar-refractivity contribution in [1.29, 1.82) is 0 Å². The molecule has 1 aromatic heterocycles. The van der Waals surface area contributed by atoms with E-state index in [0.717, 1.165) is 31.5 Å². The largest absolute Gasteiger partial charge is 0.399 e. The van der Waals surface area contributed by atoms with Crippen molar-refractivity contribution in [2.75, 3.05) is 7.11 Å². The number of nitrogens with one attached hydrogen (secondary N) is 1. The lowest BCUT2D eigenvalue weighted by Gasteiger charge is -2.07. The molecule has 0 fully saturated rings. The molecule has 106 valence electrons. The Bertz CT molecular complexity index is 883. The summed E-state index contributed by atoms with van der Waals surface area (Å²) >= 11 is 4.64. The summed E-state index contributed by atoms with van der Waals surface area (Å²) in [6, 6.07) is 13.6. The molecule has 0 spiro atoms. The highest BCUT2D eigenvalue weighted by atomic mass is 79.9. The minimum atomic E-state index is -0.0603. The first-order valence-electron chi connectivity index (χ1n) is 6.18. The molecule has 0 atom stereocenters.